The minimum absolute atomic E-state index is 0.767. The molecule has 0 bridgehead atoms. The first kappa shape index (κ1) is 11.9. The summed E-state index contributed by atoms with van der Waals surface area (Å²) >= 11 is 2.10. The number of benzene rings is 2. The Morgan fingerprint density at radius 2 is 1.56 bits per heavy atom. The average molecular weight is 254 g/mol. The minimum Gasteiger partial charge on any atom is -0.153 e. The SMILES string of the molecule is Cc1ccc(CSC2Cc3ccccc3C2)cc1. The monoisotopic (exact) mass is 254 g/mol. The molecule has 2 aromatic carbocycles. The first-order valence-corrected chi connectivity index (χ1v) is 7.60. The summed E-state index contributed by atoms with van der Waals surface area (Å²) in [7, 11) is 0. The van der Waals surface area contributed by atoms with E-state index in [1.165, 1.54) is 24.0 Å². The van der Waals surface area contributed by atoms with E-state index in [1.54, 1.807) is 11.1 Å². The van der Waals surface area contributed by atoms with E-state index in [4.69, 9.17) is 0 Å². The molecule has 0 saturated heterocycles. The maximum Gasteiger partial charge on any atom is 0.0187 e. The van der Waals surface area contributed by atoms with Crippen molar-refractivity contribution in [1.29, 1.82) is 0 Å². The fraction of sp³-hybridized carbons (Fsp3) is 0.294. The van der Waals surface area contributed by atoms with E-state index >= 15 is 0 Å². The van der Waals surface area contributed by atoms with E-state index in [2.05, 4.69) is 67.2 Å². The maximum atomic E-state index is 2.28. The molecule has 0 aromatic heterocycles. The zero-order chi connectivity index (χ0) is 12.4. The molecule has 0 atom stereocenters. The number of aryl methyl sites for hydroxylation is 1. The fourth-order valence-corrected chi connectivity index (χ4v) is 3.75. The van der Waals surface area contributed by atoms with Crippen LogP contribution in [-0.4, -0.2) is 5.25 Å². The zero-order valence-electron chi connectivity index (χ0n) is 10.7. The number of thioether (sulfide) groups is 1. The third-order valence-corrected chi connectivity index (χ3v) is 4.92. The Balaban J connectivity index is 1.58. The summed E-state index contributed by atoms with van der Waals surface area (Å²) in [5.74, 6) is 1.14. The lowest BCUT2D eigenvalue weighted by atomic mass is 10.1. The number of fused-ring (bicyclic) bond motifs is 1. The van der Waals surface area contributed by atoms with Crippen LogP contribution in [0.2, 0.25) is 0 Å². The van der Waals surface area contributed by atoms with Gasteiger partial charge in [0.2, 0.25) is 0 Å². The highest BCUT2D eigenvalue weighted by Gasteiger charge is 2.20. The minimum atomic E-state index is 0.767. The van der Waals surface area contributed by atoms with Crippen LogP contribution in [0.25, 0.3) is 0 Å². The van der Waals surface area contributed by atoms with Crippen molar-refractivity contribution < 1.29 is 0 Å². The van der Waals surface area contributed by atoms with Gasteiger partial charge < -0.3 is 0 Å². The molecule has 18 heavy (non-hydrogen) atoms. The van der Waals surface area contributed by atoms with Gasteiger partial charge in [-0.15, -0.1) is 0 Å². The second-order valence-corrected chi connectivity index (χ2v) is 6.38. The van der Waals surface area contributed by atoms with Crippen molar-refractivity contribution >= 4 is 11.8 Å². The van der Waals surface area contributed by atoms with Gasteiger partial charge in [0.15, 0.2) is 0 Å². The van der Waals surface area contributed by atoms with Crippen LogP contribution in [0.1, 0.15) is 22.3 Å². The van der Waals surface area contributed by atoms with Gasteiger partial charge in [-0.3, -0.25) is 0 Å². The average Bonchev–Trinajstić information content (AvgIpc) is 2.81. The van der Waals surface area contributed by atoms with Crippen LogP contribution in [0.3, 0.4) is 0 Å². The van der Waals surface area contributed by atoms with Crippen LogP contribution in [0.5, 0.6) is 0 Å². The summed E-state index contributed by atoms with van der Waals surface area (Å²) in [6, 6.07) is 17.8. The second-order valence-electron chi connectivity index (χ2n) is 5.10. The van der Waals surface area contributed by atoms with Gasteiger partial charge in [-0.2, -0.15) is 11.8 Å². The fourth-order valence-electron chi connectivity index (χ4n) is 2.53. The van der Waals surface area contributed by atoms with E-state index in [0.29, 0.717) is 0 Å². The molecule has 0 N–H and O–H groups in total. The van der Waals surface area contributed by atoms with Crippen LogP contribution in [0.15, 0.2) is 48.5 Å². The molecule has 0 heterocycles. The highest BCUT2D eigenvalue weighted by Crippen LogP contribution is 2.31. The van der Waals surface area contributed by atoms with Crippen molar-refractivity contribution in [2.75, 3.05) is 0 Å². The van der Waals surface area contributed by atoms with Gasteiger partial charge in [0.25, 0.3) is 0 Å². The van der Waals surface area contributed by atoms with Crippen molar-refractivity contribution in [2.24, 2.45) is 0 Å². The normalized spacial score (nSPS) is 14.7. The summed E-state index contributed by atoms with van der Waals surface area (Å²) in [5.41, 5.74) is 5.90. The highest BCUT2D eigenvalue weighted by atomic mass is 32.2. The second kappa shape index (κ2) is 5.19. The predicted octanol–water partition coefficient (Wildman–Crippen LogP) is 4.40. The van der Waals surface area contributed by atoms with E-state index in [0.717, 1.165) is 11.0 Å². The summed E-state index contributed by atoms with van der Waals surface area (Å²) in [6.45, 7) is 2.14. The Hall–Kier alpha value is -1.21. The van der Waals surface area contributed by atoms with Gasteiger partial charge in [0.05, 0.1) is 0 Å². The predicted molar refractivity (Wildman–Crippen MR) is 80.1 cm³/mol. The Kier molecular flexibility index (Phi) is 3.42. The van der Waals surface area contributed by atoms with Gasteiger partial charge in [0.1, 0.15) is 0 Å². The molecule has 0 saturated carbocycles. The van der Waals surface area contributed by atoms with Gasteiger partial charge in [-0.25, -0.2) is 0 Å². The van der Waals surface area contributed by atoms with Crippen molar-refractivity contribution in [3.63, 3.8) is 0 Å². The van der Waals surface area contributed by atoms with Crippen molar-refractivity contribution in [3.8, 4) is 0 Å². The first-order valence-electron chi connectivity index (χ1n) is 6.55. The third kappa shape index (κ3) is 2.62. The topological polar surface area (TPSA) is 0 Å². The molecule has 0 radical (unpaired) electrons. The summed E-state index contributed by atoms with van der Waals surface area (Å²) < 4.78 is 0. The van der Waals surface area contributed by atoms with Crippen molar-refractivity contribution in [3.05, 3.63) is 70.8 Å². The number of hydrogen-bond donors (Lipinski definition) is 0. The lowest BCUT2D eigenvalue weighted by molar-refractivity contribution is 0.933. The van der Waals surface area contributed by atoms with Crippen LogP contribution in [-0.2, 0) is 18.6 Å². The lowest BCUT2D eigenvalue weighted by Crippen LogP contribution is -2.01. The Morgan fingerprint density at radius 3 is 2.17 bits per heavy atom. The molecule has 0 fully saturated rings. The van der Waals surface area contributed by atoms with E-state index < -0.39 is 0 Å². The van der Waals surface area contributed by atoms with Gasteiger partial charge >= 0.3 is 0 Å². The maximum absolute atomic E-state index is 2.28. The Morgan fingerprint density at radius 1 is 0.944 bits per heavy atom. The summed E-state index contributed by atoms with van der Waals surface area (Å²) in [4.78, 5) is 0. The van der Waals surface area contributed by atoms with Gasteiger partial charge in [0, 0.05) is 11.0 Å². The molecule has 0 spiro atoms. The van der Waals surface area contributed by atoms with E-state index in [-0.39, 0.29) is 0 Å². The molecule has 0 aliphatic heterocycles. The first-order chi connectivity index (χ1) is 8.81. The number of hydrogen-bond acceptors (Lipinski definition) is 1. The van der Waals surface area contributed by atoms with E-state index in [9.17, 15) is 0 Å². The Labute approximate surface area is 113 Å². The van der Waals surface area contributed by atoms with Crippen molar-refractivity contribution in [2.45, 2.75) is 30.8 Å². The molecule has 1 heteroatoms. The lowest BCUT2D eigenvalue weighted by Gasteiger charge is -2.08. The van der Waals surface area contributed by atoms with Gasteiger partial charge in [-0.05, 0) is 36.5 Å². The third-order valence-electron chi connectivity index (χ3n) is 3.62. The molecule has 0 nitrogen and oxygen atoms in total. The molecule has 3 rings (SSSR count). The molecule has 2 aromatic rings. The summed E-state index contributed by atoms with van der Waals surface area (Å²) in [5, 5.41) is 0.767. The van der Waals surface area contributed by atoms with E-state index in [1.807, 2.05) is 0 Å². The van der Waals surface area contributed by atoms with Gasteiger partial charge in [-0.1, -0.05) is 54.1 Å². The molecule has 1 aliphatic carbocycles. The number of rotatable bonds is 3. The molecule has 92 valence electrons. The molecule has 1 aliphatic rings. The molecular weight excluding hydrogens is 236 g/mol. The van der Waals surface area contributed by atoms with Crippen LogP contribution in [0, 0.1) is 6.92 Å². The smallest absolute Gasteiger partial charge is 0.0187 e. The van der Waals surface area contributed by atoms with Crippen molar-refractivity contribution in [1.82, 2.24) is 0 Å². The summed E-state index contributed by atoms with van der Waals surface area (Å²) in [6.07, 6.45) is 2.49. The molecular formula is C17H18S. The van der Waals surface area contributed by atoms with Crippen LogP contribution < -0.4 is 0 Å². The quantitative estimate of drug-likeness (QED) is 0.782. The molecule has 0 amide bonds. The largest absolute Gasteiger partial charge is 0.153 e. The highest BCUT2D eigenvalue weighted by molar-refractivity contribution is 7.99. The molecule has 0 unspecified atom stereocenters. The zero-order valence-corrected chi connectivity index (χ0v) is 11.5. The van der Waals surface area contributed by atoms with Crippen LogP contribution in [0.4, 0.5) is 0 Å². The van der Waals surface area contributed by atoms with Crippen LogP contribution >= 0.6 is 11.8 Å². The standard InChI is InChI=1S/C17H18S/c1-13-6-8-14(9-7-13)12-18-17-10-15-4-2-3-5-16(15)11-17/h2-9,17H,10-12H2,1H3. The Bertz CT molecular complexity index is 503.